The summed E-state index contributed by atoms with van der Waals surface area (Å²) in [5.41, 5.74) is 3.21. The van der Waals surface area contributed by atoms with Crippen LogP contribution in [0.25, 0.3) is 11.1 Å². The highest BCUT2D eigenvalue weighted by molar-refractivity contribution is 6.34. The van der Waals surface area contributed by atoms with Crippen molar-refractivity contribution in [3.63, 3.8) is 0 Å². The number of aldehydes is 1. The zero-order valence-corrected chi connectivity index (χ0v) is 12.3. The lowest BCUT2D eigenvalue weighted by atomic mass is 9.97. The number of hydrogen-bond acceptors (Lipinski definition) is 3. The van der Waals surface area contributed by atoms with Crippen molar-refractivity contribution in [2.75, 3.05) is 14.2 Å². The molecule has 0 aromatic heterocycles. The molecule has 0 bridgehead atoms. The van der Waals surface area contributed by atoms with Gasteiger partial charge in [-0.3, -0.25) is 4.79 Å². The van der Waals surface area contributed by atoms with Gasteiger partial charge >= 0.3 is 0 Å². The predicted octanol–water partition coefficient (Wildman–Crippen LogP) is 4.15. The highest BCUT2D eigenvalue weighted by Crippen LogP contribution is 2.42. The minimum atomic E-state index is 0.394. The lowest BCUT2D eigenvalue weighted by Gasteiger charge is -2.15. The van der Waals surface area contributed by atoms with E-state index in [0.717, 1.165) is 23.0 Å². The van der Waals surface area contributed by atoms with Crippen LogP contribution < -0.4 is 9.47 Å². The molecule has 0 atom stereocenters. The number of halogens is 1. The molecule has 3 nitrogen and oxygen atoms in total. The van der Waals surface area contributed by atoms with Crippen LogP contribution in [0.2, 0.25) is 5.02 Å². The molecule has 20 heavy (non-hydrogen) atoms. The molecule has 0 heterocycles. The number of benzene rings is 2. The summed E-state index contributed by atoms with van der Waals surface area (Å²) in [5.74, 6) is 1.03. The molecule has 0 radical (unpaired) electrons. The van der Waals surface area contributed by atoms with Gasteiger partial charge in [-0.05, 0) is 24.6 Å². The second kappa shape index (κ2) is 5.97. The fraction of sp³-hybridized carbons (Fsp3) is 0.188. The summed E-state index contributed by atoms with van der Waals surface area (Å²) in [7, 11) is 3.09. The maximum atomic E-state index is 11.2. The summed E-state index contributed by atoms with van der Waals surface area (Å²) >= 11 is 6.26. The summed E-state index contributed by atoms with van der Waals surface area (Å²) in [6, 6.07) is 9.22. The molecule has 0 spiro atoms. The fourth-order valence-electron chi connectivity index (χ4n) is 2.11. The minimum Gasteiger partial charge on any atom is -0.495 e. The summed E-state index contributed by atoms with van der Waals surface area (Å²) in [5, 5.41) is 0.394. The zero-order valence-electron chi connectivity index (χ0n) is 11.6. The van der Waals surface area contributed by atoms with Crippen LogP contribution in [0, 0.1) is 6.92 Å². The van der Waals surface area contributed by atoms with Gasteiger partial charge < -0.3 is 9.47 Å². The summed E-state index contributed by atoms with van der Waals surface area (Å²) in [6.07, 6.45) is 0.826. The van der Waals surface area contributed by atoms with Gasteiger partial charge in [0, 0.05) is 11.1 Å². The van der Waals surface area contributed by atoms with Crippen molar-refractivity contribution in [2.24, 2.45) is 0 Å². The molecule has 0 amide bonds. The highest BCUT2D eigenvalue weighted by Gasteiger charge is 2.16. The third-order valence-corrected chi connectivity index (χ3v) is 3.47. The van der Waals surface area contributed by atoms with Crippen molar-refractivity contribution < 1.29 is 14.3 Å². The molecular formula is C16H15ClO3. The first-order valence-electron chi connectivity index (χ1n) is 6.09. The summed E-state index contributed by atoms with van der Waals surface area (Å²) in [4.78, 5) is 11.2. The quantitative estimate of drug-likeness (QED) is 0.794. The Kier molecular flexibility index (Phi) is 4.30. The Balaban J connectivity index is 2.72. The third kappa shape index (κ3) is 2.49. The zero-order chi connectivity index (χ0) is 14.7. The molecule has 0 fully saturated rings. The molecule has 0 aliphatic heterocycles. The maximum Gasteiger partial charge on any atom is 0.150 e. The van der Waals surface area contributed by atoms with Gasteiger partial charge in [0.05, 0.1) is 14.2 Å². The SMILES string of the molecule is COc1ccc(-c2cc(C)ccc2C=O)c(OC)c1Cl. The van der Waals surface area contributed by atoms with Crippen LogP contribution in [-0.2, 0) is 0 Å². The molecule has 0 saturated heterocycles. The van der Waals surface area contributed by atoms with Gasteiger partial charge in [-0.2, -0.15) is 0 Å². The third-order valence-electron chi connectivity index (χ3n) is 3.11. The van der Waals surface area contributed by atoms with Gasteiger partial charge in [0.15, 0.2) is 6.29 Å². The van der Waals surface area contributed by atoms with E-state index in [9.17, 15) is 4.79 Å². The number of aryl methyl sites for hydroxylation is 1. The molecule has 0 aliphatic rings. The number of ether oxygens (including phenoxy) is 2. The number of hydrogen-bond donors (Lipinski definition) is 0. The summed E-state index contributed by atoms with van der Waals surface area (Å²) < 4.78 is 10.6. The lowest BCUT2D eigenvalue weighted by Crippen LogP contribution is -1.95. The second-order valence-corrected chi connectivity index (χ2v) is 4.75. The first-order chi connectivity index (χ1) is 9.62. The van der Waals surface area contributed by atoms with Gasteiger partial charge in [0.1, 0.15) is 16.5 Å². The smallest absolute Gasteiger partial charge is 0.150 e. The van der Waals surface area contributed by atoms with E-state index >= 15 is 0 Å². The molecule has 2 aromatic carbocycles. The Hall–Kier alpha value is -2.00. The van der Waals surface area contributed by atoms with E-state index in [1.54, 1.807) is 26.4 Å². The van der Waals surface area contributed by atoms with Gasteiger partial charge in [0.2, 0.25) is 0 Å². The Morgan fingerprint density at radius 3 is 2.40 bits per heavy atom. The fourth-order valence-corrected chi connectivity index (χ4v) is 2.43. The number of carbonyl (C=O) groups excluding carboxylic acids is 1. The average molecular weight is 291 g/mol. The molecule has 0 aliphatic carbocycles. The number of carbonyl (C=O) groups is 1. The summed E-state index contributed by atoms with van der Waals surface area (Å²) in [6.45, 7) is 1.97. The van der Waals surface area contributed by atoms with Crippen molar-refractivity contribution in [3.05, 3.63) is 46.5 Å². The van der Waals surface area contributed by atoms with Crippen molar-refractivity contribution in [1.82, 2.24) is 0 Å². The lowest BCUT2D eigenvalue weighted by molar-refractivity contribution is 0.112. The topological polar surface area (TPSA) is 35.5 Å². The van der Waals surface area contributed by atoms with Crippen LogP contribution in [0.4, 0.5) is 0 Å². The van der Waals surface area contributed by atoms with E-state index < -0.39 is 0 Å². The Bertz CT molecular complexity index is 650. The monoisotopic (exact) mass is 290 g/mol. The molecule has 0 unspecified atom stereocenters. The highest BCUT2D eigenvalue weighted by atomic mass is 35.5. The second-order valence-electron chi connectivity index (χ2n) is 4.37. The van der Waals surface area contributed by atoms with E-state index in [0.29, 0.717) is 22.1 Å². The van der Waals surface area contributed by atoms with Crippen molar-refractivity contribution >= 4 is 17.9 Å². The van der Waals surface area contributed by atoms with E-state index in [1.807, 2.05) is 25.1 Å². The minimum absolute atomic E-state index is 0.394. The maximum absolute atomic E-state index is 11.2. The van der Waals surface area contributed by atoms with E-state index in [4.69, 9.17) is 21.1 Å². The van der Waals surface area contributed by atoms with Crippen LogP contribution in [0.5, 0.6) is 11.5 Å². The van der Waals surface area contributed by atoms with Crippen molar-refractivity contribution in [2.45, 2.75) is 6.92 Å². The van der Waals surface area contributed by atoms with Crippen LogP contribution in [-0.4, -0.2) is 20.5 Å². The normalized spacial score (nSPS) is 10.2. The van der Waals surface area contributed by atoms with Crippen LogP contribution in [0.1, 0.15) is 15.9 Å². The van der Waals surface area contributed by atoms with Crippen LogP contribution in [0.3, 0.4) is 0 Å². The predicted molar refractivity (Wildman–Crippen MR) is 80.1 cm³/mol. The molecule has 2 rings (SSSR count). The first kappa shape index (κ1) is 14.4. The molecular weight excluding hydrogens is 276 g/mol. The van der Waals surface area contributed by atoms with E-state index in [1.165, 1.54) is 0 Å². The first-order valence-corrected chi connectivity index (χ1v) is 6.46. The Morgan fingerprint density at radius 2 is 1.80 bits per heavy atom. The van der Waals surface area contributed by atoms with Crippen molar-refractivity contribution in [3.8, 4) is 22.6 Å². The molecule has 0 saturated carbocycles. The van der Waals surface area contributed by atoms with Crippen molar-refractivity contribution in [1.29, 1.82) is 0 Å². The van der Waals surface area contributed by atoms with E-state index in [-0.39, 0.29) is 0 Å². The molecule has 4 heteroatoms. The van der Waals surface area contributed by atoms with Gasteiger partial charge in [-0.15, -0.1) is 0 Å². The largest absolute Gasteiger partial charge is 0.495 e. The van der Waals surface area contributed by atoms with Crippen LogP contribution in [0.15, 0.2) is 30.3 Å². The standard InChI is InChI=1S/C16H15ClO3/c1-10-4-5-11(9-18)13(8-10)12-6-7-14(19-2)15(17)16(12)20-3/h4-9H,1-3H3. The Morgan fingerprint density at radius 1 is 1.05 bits per heavy atom. The van der Waals surface area contributed by atoms with Gasteiger partial charge in [-0.1, -0.05) is 35.4 Å². The van der Waals surface area contributed by atoms with Gasteiger partial charge in [-0.25, -0.2) is 0 Å². The number of methoxy groups -OCH3 is 2. The molecule has 104 valence electrons. The Labute approximate surface area is 123 Å². The molecule has 2 aromatic rings. The molecule has 0 N–H and O–H groups in total. The average Bonchev–Trinajstić information content (AvgIpc) is 2.46. The van der Waals surface area contributed by atoms with Crippen LogP contribution >= 0.6 is 11.6 Å². The number of rotatable bonds is 4. The van der Waals surface area contributed by atoms with Gasteiger partial charge in [0.25, 0.3) is 0 Å². The van der Waals surface area contributed by atoms with E-state index in [2.05, 4.69) is 0 Å².